The van der Waals surface area contributed by atoms with Crippen LogP contribution in [0.4, 0.5) is 5.13 Å². The third kappa shape index (κ3) is 5.26. The van der Waals surface area contributed by atoms with Crippen LogP contribution >= 0.6 is 22.9 Å². The molecule has 0 saturated heterocycles. The minimum absolute atomic E-state index is 0.130. The van der Waals surface area contributed by atoms with Gasteiger partial charge in [-0.25, -0.2) is 4.98 Å². The molecule has 0 fully saturated rings. The quantitative estimate of drug-likeness (QED) is 0.359. The molecule has 1 N–H and O–H groups in total. The van der Waals surface area contributed by atoms with Crippen LogP contribution in [0.5, 0.6) is 5.75 Å². The number of aromatic nitrogens is 1. The number of carbonyl (C=O) groups excluding carboxylic acids is 2. The van der Waals surface area contributed by atoms with E-state index in [1.807, 2.05) is 18.2 Å². The molecule has 1 aromatic heterocycles. The molecule has 3 rings (SSSR count). The maximum absolute atomic E-state index is 12.8. The Morgan fingerprint density at radius 1 is 1.10 bits per heavy atom. The van der Waals surface area contributed by atoms with Gasteiger partial charge < -0.3 is 19.5 Å². The van der Waals surface area contributed by atoms with Crippen LogP contribution in [0.15, 0.2) is 42.5 Å². The number of fused-ring (bicyclic) bond motifs is 1. The molecule has 0 aliphatic heterocycles. The lowest BCUT2D eigenvalue weighted by Crippen LogP contribution is -2.37. The summed E-state index contributed by atoms with van der Waals surface area (Å²) in [5.74, 6) is -1.94. The van der Waals surface area contributed by atoms with E-state index in [0.29, 0.717) is 21.5 Å². The molecule has 0 aliphatic rings. The van der Waals surface area contributed by atoms with Crippen LogP contribution in [0.1, 0.15) is 25.5 Å². The lowest BCUT2D eigenvalue weighted by Gasteiger charge is -2.26. The highest BCUT2D eigenvalue weighted by Crippen LogP contribution is 2.36. The monoisotopic (exact) mass is 462 g/mol. The maximum Gasteiger partial charge on any atom is 0.322 e. The zero-order chi connectivity index (χ0) is 22.4. The van der Waals surface area contributed by atoms with Gasteiger partial charge >= 0.3 is 11.9 Å². The second-order valence-corrected chi connectivity index (χ2v) is 7.92. The summed E-state index contributed by atoms with van der Waals surface area (Å²) >= 11 is 7.81. The van der Waals surface area contributed by atoms with E-state index < -0.39 is 23.9 Å². The number of ether oxygens (including phenoxy) is 3. The molecule has 1 atom stereocenters. The molecule has 0 spiro atoms. The fourth-order valence-corrected chi connectivity index (χ4v) is 4.31. The van der Waals surface area contributed by atoms with Gasteiger partial charge in [-0.05, 0) is 43.7 Å². The van der Waals surface area contributed by atoms with Crippen LogP contribution in [0.25, 0.3) is 10.2 Å². The molecule has 31 heavy (non-hydrogen) atoms. The van der Waals surface area contributed by atoms with Gasteiger partial charge in [0.1, 0.15) is 5.75 Å². The minimum atomic E-state index is -1.26. The zero-order valence-corrected chi connectivity index (χ0v) is 19.0. The molecule has 1 unspecified atom stereocenters. The number of thiazole rings is 1. The molecule has 0 aliphatic carbocycles. The molecule has 7 nitrogen and oxygen atoms in total. The first kappa shape index (κ1) is 22.8. The molecule has 0 radical (unpaired) electrons. The Balaban J connectivity index is 2.06. The number of rotatable bonds is 9. The number of anilines is 1. The summed E-state index contributed by atoms with van der Waals surface area (Å²) in [5, 5.41) is 4.15. The van der Waals surface area contributed by atoms with Crippen LogP contribution in [0, 0.1) is 5.92 Å². The number of hydrogen-bond acceptors (Lipinski definition) is 8. The summed E-state index contributed by atoms with van der Waals surface area (Å²) in [6.45, 7) is 3.62. The van der Waals surface area contributed by atoms with Gasteiger partial charge in [0.05, 0.1) is 36.6 Å². The summed E-state index contributed by atoms with van der Waals surface area (Å²) in [5.41, 5.74) is 1.32. The molecular formula is C22H23ClN2O5S. The van der Waals surface area contributed by atoms with Crippen molar-refractivity contribution in [1.82, 2.24) is 4.98 Å². The van der Waals surface area contributed by atoms with Gasteiger partial charge in [-0.15, -0.1) is 0 Å². The van der Waals surface area contributed by atoms with E-state index >= 15 is 0 Å². The number of carbonyl (C=O) groups is 2. The fraction of sp³-hybridized carbons (Fsp3) is 0.318. The Labute approximate surface area is 189 Å². The Bertz CT molecular complexity index is 1050. The van der Waals surface area contributed by atoms with Gasteiger partial charge in [0.15, 0.2) is 11.0 Å². The lowest BCUT2D eigenvalue weighted by molar-refractivity contribution is -0.162. The van der Waals surface area contributed by atoms with Crippen molar-refractivity contribution in [1.29, 1.82) is 0 Å². The molecule has 0 saturated carbocycles. The third-order valence-corrected chi connectivity index (χ3v) is 5.82. The highest BCUT2D eigenvalue weighted by molar-refractivity contribution is 7.22. The summed E-state index contributed by atoms with van der Waals surface area (Å²) in [6, 6.07) is 11.7. The second-order valence-electron chi connectivity index (χ2n) is 6.48. The number of benzene rings is 2. The number of hydrogen-bond donors (Lipinski definition) is 1. The van der Waals surface area contributed by atoms with E-state index in [9.17, 15) is 9.59 Å². The van der Waals surface area contributed by atoms with Gasteiger partial charge in [-0.3, -0.25) is 9.59 Å². The van der Waals surface area contributed by atoms with Gasteiger partial charge in [0.2, 0.25) is 0 Å². The number of nitrogens with zero attached hydrogens (tertiary/aromatic N) is 1. The molecule has 164 valence electrons. The minimum Gasteiger partial charge on any atom is -0.497 e. The van der Waals surface area contributed by atoms with Crippen molar-refractivity contribution < 1.29 is 23.8 Å². The number of nitrogens with one attached hydrogen (secondary N) is 1. The van der Waals surface area contributed by atoms with Crippen LogP contribution in [0.2, 0.25) is 5.02 Å². The third-order valence-electron chi connectivity index (χ3n) is 4.53. The van der Waals surface area contributed by atoms with E-state index in [1.54, 1.807) is 45.2 Å². The van der Waals surface area contributed by atoms with Gasteiger partial charge in [-0.1, -0.05) is 41.1 Å². The van der Waals surface area contributed by atoms with Gasteiger partial charge in [0.25, 0.3) is 0 Å². The predicted octanol–water partition coefficient (Wildman–Crippen LogP) is 4.85. The van der Waals surface area contributed by atoms with Crippen molar-refractivity contribution in [2.45, 2.75) is 19.9 Å². The van der Waals surface area contributed by atoms with Crippen molar-refractivity contribution in [2.24, 2.45) is 5.92 Å². The van der Waals surface area contributed by atoms with Crippen molar-refractivity contribution in [3.8, 4) is 5.75 Å². The van der Waals surface area contributed by atoms with Crippen molar-refractivity contribution in [3.05, 3.63) is 53.1 Å². The Morgan fingerprint density at radius 2 is 1.77 bits per heavy atom. The first-order valence-corrected chi connectivity index (χ1v) is 11.0. The first-order valence-electron chi connectivity index (χ1n) is 9.77. The normalized spacial score (nSPS) is 11.9. The number of esters is 2. The van der Waals surface area contributed by atoms with Gasteiger partial charge in [-0.2, -0.15) is 0 Å². The average Bonchev–Trinajstić information content (AvgIpc) is 3.15. The predicted molar refractivity (Wildman–Crippen MR) is 121 cm³/mol. The molecule has 9 heteroatoms. The number of methoxy groups -OCH3 is 1. The van der Waals surface area contributed by atoms with Crippen molar-refractivity contribution in [2.75, 3.05) is 25.6 Å². The molecule has 2 aromatic carbocycles. The molecule has 0 amide bonds. The Morgan fingerprint density at radius 3 is 2.39 bits per heavy atom. The van der Waals surface area contributed by atoms with Gasteiger partial charge in [0, 0.05) is 5.02 Å². The van der Waals surface area contributed by atoms with Crippen molar-refractivity contribution >= 4 is 50.2 Å². The van der Waals surface area contributed by atoms with E-state index in [0.717, 1.165) is 10.2 Å². The standard InChI is InChI=1S/C22H23ClN2O5S/c1-4-29-20(26)18(21(27)30-5-2)19(14-8-6-7-9-15(14)23)25-22-24-16-11-10-13(28-3)12-17(16)31-22/h6-12,18-19H,4-5H2,1-3H3,(H,24,25). The van der Waals surface area contributed by atoms with Crippen LogP contribution in [-0.4, -0.2) is 37.2 Å². The molecule has 3 aromatic rings. The topological polar surface area (TPSA) is 86.8 Å². The summed E-state index contributed by atoms with van der Waals surface area (Å²) < 4.78 is 16.5. The van der Waals surface area contributed by atoms with Crippen LogP contribution in [-0.2, 0) is 19.1 Å². The Kier molecular flexibility index (Phi) is 7.70. The maximum atomic E-state index is 12.8. The first-order chi connectivity index (χ1) is 15.0. The SMILES string of the molecule is CCOC(=O)C(C(=O)OCC)C(Nc1nc2ccc(OC)cc2s1)c1ccccc1Cl. The van der Waals surface area contributed by atoms with E-state index in [-0.39, 0.29) is 13.2 Å². The second kappa shape index (κ2) is 10.5. The lowest BCUT2D eigenvalue weighted by atomic mass is 9.92. The molecular weight excluding hydrogens is 440 g/mol. The Hall–Kier alpha value is -2.84. The van der Waals surface area contributed by atoms with E-state index in [1.165, 1.54) is 11.3 Å². The summed E-state index contributed by atoms with van der Waals surface area (Å²) in [6.07, 6.45) is 0. The largest absolute Gasteiger partial charge is 0.497 e. The summed E-state index contributed by atoms with van der Waals surface area (Å²) in [7, 11) is 1.60. The molecule has 0 bridgehead atoms. The zero-order valence-electron chi connectivity index (χ0n) is 17.4. The fourth-order valence-electron chi connectivity index (χ4n) is 3.13. The van der Waals surface area contributed by atoms with Crippen LogP contribution < -0.4 is 10.1 Å². The summed E-state index contributed by atoms with van der Waals surface area (Å²) in [4.78, 5) is 30.2. The van der Waals surface area contributed by atoms with Crippen molar-refractivity contribution in [3.63, 3.8) is 0 Å². The van der Waals surface area contributed by atoms with Crippen LogP contribution in [0.3, 0.4) is 0 Å². The van der Waals surface area contributed by atoms with E-state index in [2.05, 4.69) is 10.3 Å². The highest BCUT2D eigenvalue weighted by atomic mass is 35.5. The van der Waals surface area contributed by atoms with E-state index in [4.69, 9.17) is 25.8 Å². The highest BCUT2D eigenvalue weighted by Gasteiger charge is 2.40. The smallest absolute Gasteiger partial charge is 0.322 e. The number of halogens is 1. The average molecular weight is 463 g/mol. The molecule has 1 heterocycles.